The molecule has 0 saturated heterocycles. The van der Waals surface area contributed by atoms with Gasteiger partial charge in [0.2, 0.25) is 5.91 Å². The van der Waals surface area contributed by atoms with E-state index < -0.39 is 23.8 Å². The first-order valence-corrected chi connectivity index (χ1v) is 11.0. The highest BCUT2D eigenvalue weighted by atomic mass is 32.1. The third-order valence-corrected chi connectivity index (χ3v) is 6.71. The molecule has 0 fully saturated rings. The number of nitrogens with one attached hydrogen (secondary N) is 1. The predicted octanol–water partition coefficient (Wildman–Crippen LogP) is 4.52. The van der Waals surface area contributed by atoms with Gasteiger partial charge in [-0.2, -0.15) is 0 Å². The molecule has 8 heteroatoms. The molecule has 1 aromatic carbocycles. The number of aromatic nitrogens is 1. The van der Waals surface area contributed by atoms with Crippen LogP contribution in [0.15, 0.2) is 47.2 Å². The molecule has 4 rings (SSSR count). The first-order valence-electron chi connectivity index (χ1n) is 9.28. The van der Waals surface area contributed by atoms with Crippen LogP contribution in [0.3, 0.4) is 0 Å². The van der Waals surface area contributed by atoms with Crippen LogP contribution in [-0.2, 0) is 4.79 Å². The first-order chi connectivity index (χ1) is 14.0. The van der Waals surface area contributed by atoms with Crippen molar-refractivity contribution in [2.24, 2.45) is 5.92 Å². The van der Waals surface area contributed by atoms with Crippen molar-refractivity contribution < 1.29 is 14.4 Å². The average molecular weight is 426 g/mol. The lowest BCUT2D eigenvalue weighted by atomic mass is 9.96. The summed E-state index contributed by atoms with van der Waals surface area (Å²) in [5.41, 5.74) is 1.47. The lowest BCUT2D eigenvalue weighted by molar-refractivity contribution is -0.121. The first kappa shape index (κ1) is 19.5. The highest BCUT2D eigenvalue weighted by Gasteiger charge is 2.44. The van der Waals surface area contributed by atoms with Crippen LogP contribution in [0.1, 0.15) is 41.0 Å². The van der Waals surface area contributed by atoms with Crippen LogP contribution in [-0.4, -0.2) is 33.6 Å². The second-order valence-electron chi connectivity index (χ2n) is 6.86. The third-order valence-electron chi connectivity index (χ3n) is 5.06. The molecule has 6 nitrogen and oxygen atoms in total. The molecule has 0 saturated carbocycles. The van der Waals surface area contributed by atoms with E-state index in [9.17, 15) is 14.4 Å². The number of amides is 3. The molecular formula is C21H19N3O3S2. The normalized spacial score (nSPS) is 15.3. The summed E-state index contributed by atoms with van der Waals surface area (Å²) < 4.78 is 0. The van der Waals surface area contributed by atoms with Crippen LogP contribution in [0.2, 0.25) is 0 Å². The SMILES string of the molecule is CCC(C)C(C(=O)Nc1nc(-c2cccs2)cs1)N1C(=O)c2ccccc2C1=O. The summed E-state index contributed by atoms with van der Waals surface area (Å²) >= 11 is 2.89. The number of anilines is 1. The Bertz CT molecular complexity index is 1040. The van der Waals surface area contributed by atoms with E-state index in [1.807, 2.05) is 36.7 Å². The maximum Gasteiger partial charge on any atom is 0.262 e. The van der Waals surface area contributed by atoms with Gasteiger partial charge in [0.1, 0.15) is 6.04 Å². The second kappa shape index (κ2) is 7.88. The zero-order valence-electron chi connectivity index (χ0n) is 15.9. The number of carbonyl (C=O) groups excluding carboxylic acids is 3. The molecule has 3 heterocycles. The van der Waals surface area contributed by atoms with Crippen molar-refractivity contribution in [1.82, 2.24) is 9.88 Å². The molecule has 0 radical (unpaired) electrons. The number of carbonyl (C=O) groups is 3. The van der Waals surface area contributed by atoms with E-state index in [0.29, 0.717) is 22.7 Å². The van der Waals surface area contributed by atoms with E-state index in [1.165, 1.54) is 11.3 Å². The Balaban J connectivity index is 1.60. The Morgan fingerprint density at radius 2 is 1.79 bits per heavy atom. The predicted molar refractivity (Wildman–Crippen MR) is 114 cm³/mol. The van der Waals surface area contributed by atoms with Gasteiger partial charge in [0.15, 0.2) is 5.13 Å². The maximum absolute atomic E-state index is 13.2. The zero-order chi connectivity index (χ0) is 20.5. The van der Waals surface area contributed by atoms with Gasteiger partial charge in [-0.1, -0.05) is 38.5 Å². The number of hydrogen-bond donors (Lipinski definition) is 1. The van der Waals surface area contributed by atoms with Gasteiger partial charge < -0.3 is 5.32 Å². The van der Waals surface area contributed by atoms with Gasteiger partial charge in [0.05, 0.1) is 21.7 Å². The van der Waals surface area contributed by atoms with E-state index in [1.54, 1.807) is 35.6 Å². The standard InChI is InChI=1S/C21H19N3O3S2/c1-3-12(2)17(24-19(26)13-7-4-5-8-14(13)20(24)27)18(25)23-21-22-15(11-29-21)16-9-6-10-28-16/h4-12,17H,3H2,1-2H3,(H,22,23,25). The van der Waals surface area contributed by atoms with Crippen molar-refractivity contribution in [3.05, 3.63) is 58.3 Å². The summed E-state index contributed by atoms with van der Waals surface area (Å²) in [6.07, 6.45) is 0.643. The lowest BCUT2D eigenvalue weighted by Crippen LogP contribution is -2.50. The van der Waals surface area contributed by atoms with Gasteiger partial charge in [-0.05, 0) is 29.5 Å². The number of imide groups is 1. The van der Waals surface area contributed by atoms with Crippen molar-refractivity contribution >= 4 is 45.5 Å². The minimum Gasteiger partial charge on any atom is -0.300 e. The Labute approximate surface area is 176 Å². The van der Waals surface area contributed by atoms with Crippen molar-refractivity contribution in [1.29, 1.82) is 0 Å². The molecule has 2 aromatic heterocycles. The molecule has 29 heavy (non-hydrogen) atoms. The average Bonchev–Trinajstić information content (AvgIpc) is 3.46. The quantitative estimate of drug-likeness (QED) is 0.589. The number of thiophene rings is 1. The van der Waals surface area contributed by atoms with E-state index in [0.717, 1.165) is 15.5 Å². The van der Waals surface area contributed by atoms with Crippen molar-refractivity contribution in [2.75, 3.05) is 5.32 Å². The molecule has 0 aliphatic carbocycles. The van der Waals surface area contributed by atoms with Crippen LogP contribution in [0, 0.1) is 5.92 Å². The van der Waals surface area contributed by atoms with E-state index >= 15 is 0 Å². The molecule has 0 spiro atoms. The fraction of sp³-hybridized carbons (Fsp3) is 0.238. The van der Waals surface area contributed by atoms with Crippen LogP contribution in [0.4, 0.5) is 5.13 Å². The van der Waals surface area contributed by atoms with Crippen molar-refractivity contribution in [3.63, 3.8) is 0 Å². The van der Waals surface area contributed by atoms with E-state index in [4.69, 9.17) is 0 Å². The monoisotopic (exact) mass is 425 g/mol. The Hall–Kier alpha value is -2.84. The molecule has 148 valence electrons. The molecule has 2 unspecified atom stereocenters. The molecule has 2 atom stereocenters. The number of rotatable bonds is 6. The fourth-order valence-electron chi connectivity index (χ4n) is 3.36. The van der Waals surface area contributed by atoms with Crippen molar-refractivity contribution in [3.8, 4) is 10.6 Å². The Morgan fingerprint density at radius 3 is 2.38 bits per heavy atom. The van der Waals surface area contributed by atoms with Crippen LogP contribution in [0.25, 0.3) is 10.6 Å². The number of hydrogen-bond acceptors (Lipinski definition) is 6. The second-order valence-corrected chi connectivity index (χ2v) is 8.67. The topological polar surface area (TPSA) is 79.4 Å². The van der Waals surface area contributed by atoms with Crippen molar-refractivity contribution in [2.45, 2.75) is 26.3 Å². The van der Waals surface area contributed by atoms with Gasteiger partial charge in [-0.15, -0.1) is 22.7 Å². The van der Waals surface area contributed by atoms with E-state index in [-0.39, 0.29) is 5.92 Å². The lowest BCUT2D eigenvalue weighted by Gasteiger charge is -2.29. The summed E-state index contributed by atoms with van der Waals surface area (Å²) in [7, 11) is 0. The number of benzene rings is 1. The highest BCUT2D eigenvalue weighted by molar-refractivity contribution is 7.16. The Morgan fingerprint density at radius 1 is 1.10 bits per heavy atom. The molecule has 3 aromatic rings. The highest BCUT2D eigenvalue weighted by Crippen LogP contribution is 2.31. The molecule has 1 aliphatic rings. The van der Waals surface area contributed by atoms with Crippen LogP contribution < -0.4 is 5.32 Å². The molecular weight excluding hydrogens is 406 g/mol. The zero-order valence-corrected chi connectivity index (χ0v) is 17.5. The summed E-state index contributed by atoms with van der Waals surface area (Å²) in [6.45, 7) is 3.80. The number of nitrogens with zero attached hydrogens (tertiary/aromatic N) is 2. The number of fused-ring (bicyclic) bond motifs is 1. The fourth-order valence-corrected chi connectivity index (χ4v) is 4.84. The maximum atomic E-state index is 13.2. The van der Waals surface area contributed by atoms with Gasteiger partial charge in [-0.25, -0.2) is 4.98 Å². The summed E-state index contributed by atoms with van der Waals surface area (Å²) in [6, 6.07) is 9.68. The van der Waals surface area contributed by atoms with Gasteiger partial charge in [0, 0.05) is 5.38 Å². The van der Waals surface area contributed by atoms with Gasteiger partial charge in [0.25, 0.3) is 11.8 Å². The summed E-state index contributed by atoms with van der Waals surface area (Å²) in [4.78, 5) is 45.5. The largest absolute Gasteiger partial charge is 0.300 e. The summed E-state index contributed by atoms with van der Waals surface area (Å²) in [5, 5.41) is 7.10. The smallest absolute Gasteiger partial charge is 0.262 e. The minimum atomic E-state index is -0.901. The van der Waals surface area contributed by atoms with Crippen LogP contribution >= 0.6 is 22.7 Å². The molecule has 3 amide bonds. The Kier molecular flexibility index (Phi) is 5.29. The van der Waals surface area contributed by atoms with Crippen LogP contribution in [0.5, 0.6) is 0 Å². The molecule has 0 bridgehead atoms. The van der Waals surface area contributed by atoms with Gasteiger partial charge >= 0.3 is 0 Å². The minimum absolute atomic E-state index is 0.200. The molecule has 1 N–H and O–H groups in total. The van der Waals surface area contributed by atoms with E-state index in [2.05, 4.69) is 10.3 Å². The third kappa shape index (κ3) is 3.49. The summed E-state index contributed by atoms with van der Waals surface area (Å²) in [5.74, 6) is -1.45. The van der Waals surface area contributed by atoms with Gasteiger partial charge in [-0.3, -0.25) is 19.3 Å². The molecule has 1 aliphatic heterocycles. The number of thiazole rings is 1.